The number of hydrogen-bond donors (Lipinski definition) is 1. The molecule has 0 aliphatic rings. The van der Waals surface area contributed by atoms with Crippen molar-refractivity contribution in [2.75, 3.05) is 14.2 Å². The third-order valence-electron chi connectivity index (χ3n) is 2.72. The largest absolute Gasteiger partial charge is 0.469 e. The molecule has 1 aromatic rings. The number of nitro groups is 1. The molecule has 0 unspecified atom stereocenters. The molecule has 0 amide bonds. The van der Waals surface area contributed by atoms with E-state index in [2.05, 4.69) is 14.2 Å². The number of non-ortho nitro benzene ring substituents is 1. The van der Waals surface area contributed by atoms with Gasteiger partial charge in [0.15, 0.2) is 0 Å². The summed E-state index contributed by atoms with van der Waals surface area (Å²) < 4.78 is 12.1. The molecule has 0 heterocycles. The molecule has 22 heavy (non-hydrogen) atoms. The lowest BCUT2D eigenvalue weighted by molar-refractivity contribution is -0.384. The Morgan fingerprint density at radius 3 is 2.41 bits per heavy atom. The number of nitrogens with one attached hydrogen (secondary N) is 1. The molecule has 0 radical (unpaired) electrons. The number of nitrogens with zero attached hydrogens (tertiary/aromatic N) is 1. The Balaban J connectivity index is 2.60. The van der Waals surface area contributed by atoms with E-state index in [-0.39, 0.29) is 18.5 Å². The summed E-state index contributed by atoms with van der Waals surface area (Å²) in [6, 6.07) is 5.16. The minimum atomic E-state index is -0.690. The average Bonchev–Trinajstić information content (AvgIpc) is 2.54. The van der Waals surface area contributed by atoms with Gasteiger partial charge in [0.05, 0.1) is 19.1 Å². The van der Waals surface area contributed by atoms with Crippen LogP contribution in [0.15, 0.2) is 29.2 Å². The van der Waals surface area contributed by atoms with Crippen molar-refractivity contribution in [2.24, 2.45) is 0 Å². The molecular formula is C13H16N2O6S. The Morgan fingerprint density at radius 1 is 1.27 bits per heavy atom. The first-order valence-electron chi connectivity index (χ1n) is 6.29. The highest BCUT2D eigenvalue weighted by molar-refractivity contribution is 7.97. The van der Waals surface area contributed by atoms with Crippen LogP contribution < -0.4 is 4.72 Å². The Hall–Kier alpha value is -2.13. The van der Waals surface area contributed by atoms with Crippen molar-refractivity contribution in [2.45, 2.75) is 23.8 Å². The monoisotopic (exact) mass is 328 g/mol. The van der Waals surface area contributed by atoms with Crippen LogP contribution in [0.5, 0.6) is 0 Å². The average molecular weight is 328 g/mol. The second-order valence-corrected chi connectivity index (χ2v) is 5.07. The van der Waals surface area contributed by atoms with Crippen molar-refractivity contribution in [3.63, 3.8) is 0 Å². The first-order chi connectivity index (χ1) is 10.5. The van der Waals surface area contributed by atoms with Crippen LogP contribution in [0.3, 0.4) is 0 Å². The minimum absolute atomic E-state index is 0.0143. The maximum Gasteiger partial charge on any atom is 0.323 e. The van der Waals surface area contributed by atoms with Gasteiger partial charge in [-0.05, 0) is 30.5 Å². The maximum absolute atomic E-state index is 11.6. The number of rotatable bonds is 8. The number of esters is 2. The van der Waals surface area contributed by atoms with Crippen LogP contribution in [-0.4, -0.2) is 37.1 Å². The van der Waals surface area contributed by atoms with E-state index in [1.807, 2.05) is 0 Å². The van der Waals surface area contributed by atoms with Gasteiger partial charge in [0.25, 0.3) is 5.69 Å². The summed E-state index contributed by atoms with van der Waals surface area (Å²) in [6.45, 7) is 0. The lowest BCUT2D eigenvalue weighted by atomic mass is 10.2. The van der Waals surface area contributed by atoms with Gasteiger partial charge in [-0.25, -0.2) is 4.72 Å². The molecule has 1 N–H and O–H groups in total. The quantitative estimate of drug-likeness (QED) is 0.332. The lowest BCUT2D eigenvalue weighted by Gasteiger charge is -2.15. The van der Waals surface area contributed by atoms with Gasteiger partial charge in [-0.1, -0.05) is 0 Å². The summed E-state index contributed by atoms with van der Waals surface area (Å²) in [5, 5.41) is 10.6. The van der Waals surface area contributed by atoms with Gasteiger partial charge in [-0.3, -0.25) is 19.7 Å². The van der Waals surface area contributed by atoms with Crippen LogP contribution in [0.4, 0.5) is 5.69 Å². The van der Waals surface area contributed by atoms with Crippen molar-refractivity contribution in [1.82, 2.24) is 4.72 Å². The van der Waals surface area contributed by atoms with Crippen molar-refractivity contribution in [3.05, 3.63) is 34.4 Å². The van der Waals surface area contributed by atoms with E-state index in [9.17, 15) is 19.7 Å². The summed E-state index contributed by atoms with van der Waals surface area (Å²) in [5.74, 6) is -0.922. The summed E-state index contributed by atoms with van der Waals surface area (Å²) in [7, 11) is 2.53. The Morgan fingerprint density at radius 2 is 1.91 bits per heavy atom. The van der Waals surface area contributed by atoms with Gasteiger partial charge in [-0.15, -0.1) is 0 Å². The second kappa shape index (κ2) is 9.00. The van der Waals surface area contributed by atoms with Crippen molar-refractivity contribution >= 4 is 29.6 Å². The van der Waals surface area contributed by atoms with Crippen molar-refractivity contribution in [1.29, 1.82) is 0 Å². The fourth-order valence-electron chi connectivity index (χ4n) is 1.51. The topological polar surface area (TPSA) is 108 Å². The standard InChI is InChI=1S/C13H16N2O6S/c1-20-12(16)8-7-11(13(17)21-2)14-22-10-5-3-9(4-6-10)15(18)19/h3-6,11,14H,7-8H2,1-2H3/t11-/m0/s1. The van der Waals surface area contributed by atoms with E-state index < -0.39 is 22.9 Å². The number of methoxy groups -OCH3 is 2. The van der Waals surface area contributed by atoms with Gasteiger partial charge >= 0.3 is 11.9 Å². The number of benzene rings is 1. The molecule has 1 aromatic carbocycles. The van der Waals surface area contributed by atoms with Crippen LogP contribution in [0, 0.1) is 10.1 Å². The van der Waals surface area contributed by atoms with Gasteiger partial charge in [-0.2, -0.15) is 0 Å². The van der Waals surface area contributed by atoms with Crippen molar-refractivity contribution in [3.8, 4) is 0 Å². The fraction of sp³-hybridized carbons (Fsp3) is 0.385. The summed E-state index contributed by atoms with van der Waals surface area (Å²) in [5.41, 5.74) is -0.0143. The molecular weight excluding hydrogens is 312 g/mol. The molecule has 0 fully saturated rings. The van der Waals surface area contributed by atoms with Gasteiger partial charge in [0, 0.05) is 23.4 Å². The second-order valence-electron chi connectivity index (χ2n) is 4.16. The molecule has 8 nitrogen and oxygen atoms in total. The molecule has 9 heteroatoms. The van der Waals surface area contributed by atoms with E-state index in [0.717, 1.165) is 11.9 Å². The van der Waals surface area contributed by atoms with Crippen LogP contribution in [0.2, 0.25) is 0 Å². The molecule has 120 valence electrons. The zero-order valence-corrected chi connectivity index (χ0v) is 12.9. The lowest BCUT2D eigenvalue weighted by Crippen LogP contribution is -2.34. The Bertz CT molecular complexity index is 534. The highest BCUT2D eigenvalue weighted by Gasteiger charge is 2.20. The Kier molecular flexibility index (Phi) is 7.33. The summed E-state index contributed by atoms with van der Waals surface area (Å²) in [6.07, 6.45) is 0.295. The highest BCUT2D eigenvalue weighted by atomic mass is 32.2. The minimum Gasteiger partial charge on any atom is -0.469 e. The normalized spacial score (nSPS) is 11.5. The molecule has 0 bridgehead atoms. The zero-order chi connectivity index (χ0) is 16.5. The van der Waals surface area contributed by atoms with Crippen LogP contribution in [-0.2, 0) is 19.1 Å². The summed E-state index contributed by atoms with van der Waals surface area (Å²) >= 11 is 1.13. The maximum atomic E-state index is 11.6. The molecule has 1 rings (SSSR count). The van der Waals surface area contributed by atoms with Crippen molar-refractivity contribution < 1.29 is 24.0 Å². The predicted molar refractivity (Wildman–Crippen MR) is 79.1 cm³/mol. The molecule has 0 aliphatic carbocycles. The molecule has 0 spiro atoms. The molecule has 0 saturated heterocycles. The number of carbonyl (C=O) groups excluding carboxylic acids is 2. The fourth-order valence-corrected chi connectivity index (χ4v) is 2.27. The third-order valence-corrected chi connectivity index (χ3v) is 3.63. The highest BCUT2D eigenvalue weighted by Crippen LogP contribution is 2.20. The van der Waals surface area contributed by atoms with E-state index in [1.165, 1.54) is 26.4 Å². The van der Waals surface area contributed by atoms with Crippen LogP contribution in [0.25, 0.3) is 0 Å². The van der Waals surface area contributed by atoms with E-state index in [4.69, 9.17) is 0 Å². The third kappa shape index (κ3) is 5.70. The number of nitro benzene ring substituents is 1. The molecule has 0 aromatic heterocycles. The van der Waals surface area contributed by atoms with E-state index in [0.29, 0.717) is 4.90 Å². The van der Waals surface area contributed by atoms with Crippen LogP contribution in [0.1, 0.15) is 12.8 Å². The molecule has 0 saturated carbocycles. The zero-order valence-electron chi connectivity index (χ0n) is 12.1. The number of hydrogen-bond acceptors (Lipinski definition) is 8. The van der Waals surface area contributed by atoms with E-state index >= 15 is 0 Å². The van der Waals surface area contributed by atoms with Gasteiger partial charge < -0.3 is 9.47 Å². The van der Waals surface area contributed by atoms with Crippen LogP contribution >= 0.6 is 11.9 Å². The van der Waals surface area contributed by atoms with Gasteiger partial charge in [0.1, 0.15) is 6.04 Å². The first-order valence-corrected chi connectivity index (χ1v) is 7.11. The number of carbonyl (C=O) groups is 2. The smallest absolute Gasteiger partial charge is 0.323 e. The molecule has 1 atom stereocenters. The van der Waals surface area contributed by atoms with Gasteiger partial charge in [0.2, 0.25) is 0 Å². The number of ether oxygens (including phenoxy) is 2. The Labute approximate surface area is 131 Å². The SMILES string of the molecule is COC(=O)CC[C@H](NSc1ccc([N+](=O)[O-])cc1)C(=O)OC. The first kappa shape index (κ1) is 17.9. The molecule has 0 aliphatic heterocycles. The summed E-state index contributed by atoms with van der Waals surface area (Å²) in [4.78, 5) is 33.5. The predicted octanol–water partition coefficient (Wildman–Crippen LogP) is 1.69. The van der Waals surface area contributed by atoms with E-state index in [1.54, 1.807) is 12.1 Å².